The molecule has 1 aliphatic heterocycles. The molecule has 0 atom stereocenters. The van der Waals surface area contributed by atoms with Gasteiger partial charge in [0.25, 0.3) is 5.69 Å². The highest BCUT2D eigenvalue weighted by molar-refractivity contribution is 6.33. The lowest BCUT2D eigenvalue weighted by atomic mass is 9.91. The van der Waals surface area contributed by atoms with Crippen molar-refractivity contribution in [3.63, 3.8) is 0 Å². The number of hydrogen-bond donors (Lipinski definition) is 0. The first kappa shape index (κ1) is 14.8. The van der Waals surface area contributed by atoms with Crippen molar-refractivity contribution < 1.29 is 4.92 Å². The van der Waals surface area contributed by atoms with E-state index in [4.69, 9.17) is 11.6 Å². The van der Waals surface area contributed by atoms with Gasteiger partial charge < -0.3 is 4.90 Å². The van der Waals surface area contributed by atoms with Crippen molar-refractivity contribution in [2.45, 2.75) is 18.8 Å². The molecule has 0 spiro atoms. The van der Waals surface area contributed by atoms with Crippen LogP contribution in [0, 0.1) is 10.1 Å². The SMILES string of the molecule is Cn1cc(C2CCN(c3ccc([N+](=O)[O-])cc3Cl)CC2)cn1. The molecule has 2 heterocycles. The monoisotopic (exact) mass is 320 g/mol. The standard InChI is InChI=1S/C15H17ClN4O2/c1-18-10-12(9-17-18)11-4-6-19(7-5-11)15-3-2-13(20(21)22)8-14(15)16/h2-3,8-11H,4-7H2,1H3. The Kier molecular flexibility index (Phi) is 4.02. The first-order chi connectivity index (χ1) is 10.5. The van der Waals surface area contributed by atoms with Crippen LogP contribution in [0.15, 0.2) is 30.6 Å². The summed E-state index contributed by atoms with van der Waals surface area (Å²) in [6, 6.07) is 4.67. The fourth-order valence-electron chi connectivity index (χ4n) is 2.97. The predicted molar refractivity (Wildman–Crippen MR) is 85.5 cm³/mol. The lowest BCUT2D eigenvalue weighted by Crippen LogP contribution is -2.33. The molecule has 3 rings (SSSR count). The number of anilines is 1. The van der Waals surface area contributed by atoms with E-state index in [0.29, 0.717) is 10.9 Å². The molecule has 0 radical (unpaired) electrons. The highest BCUT2D eigenvalue weighted by atomic mass is 35.5. The maximum absolute atomic E-state index is 10.8. The number of hydrogen-bond acceptors (Lipinski definition) is 4. The van der Waals surface area contributed by atoms with Crippen molar-refractivity contribution in [3.05, 3.63) is 51.3 Å². The number of nitrogens with zero attached hydrogens (tertiary/aromatic N) is 4. The minimum Gasteiger partial charge on any atom is -0.370 e. The number of nitro benzene ring substituents is 1. The Hall–Kier alpha value is -2.08. The topological polar surface area (TPSA) is 64.2 Å². The van der Waals surface area contributed by atoms with Gasteiger partial charge in [0.1, 0.15) is 0 Å². The maximum atomic E-state index is 10.8. The van der Waals surface area contributed by atoms with E-state index in [9.17, 15) is 10.1 Å². The van der Waals surface area contributed by atoms with E-state index in [1.165, 1.54) is 17.7 Å². The summed E-state index contributed by atoms with van der Waals surface area (Å²) in [5.41, 5.74) is 2.17. The molecule has 1 aromatic carbocycles. The Balaban J connectivity index is 1.70. The minimum absolute atomic E-state index is 0.0268. The smallest absolute Gasteiger partial charge is 0.271 e. The van der Waals surface area contributed by atoms with E-state index >= 15 is 0 Å². The van der Waals surface area contributed by atoms with Crippen LogP contribution in [0.2, 0.25) is 5.02 Å². The Morgan fingerprint density at radius 3 is 2.64 bits per heavy atom. The Morgan fingerprint density at radius 2 is 2.09 bits per heavy atom. The van der Waals surface area contributed by atoms with Crippen molar-refractivity contribution in [1.82, 2.24) is 9.78 Å². The molecule has 22 heavy (non-hydrogen) atoms. The van der Waals surface area contributed by atoms with Gasteiger partial charge in [-0.1, -0.05) is 11.6 Å². The van der Waals surface area contributed by atoms with Crippen LogP contribution in [-0.4, -0.2) is 27.8 Å². The van der Waals surface area contributed by atoms with E-state index < -0.39 is 4.92 Å². The van der Waals surface area contributed by atoms with Crippen LogP contribution >= 0.6 is 11.6 Å². The summed E-state index contributed by atoms with van der Waals surface area (Å²) in [5, 5.41) is 15.4. The molecule has 1 saturated heterocycles. The van der Waals surface area contributed by atoms with Gasteiger partial charge in [0.15, 0.2) is 0 Å². The van der Waals surface area contributed by atoms with Gasteiger partial charge in [-0.05, 0) is 30.4 Å². The van der Waals surface area contributed by atoms with Crippen LogP contribution < -0.4 is 4.90 Å². The molecule has 1 aromatic heterocycles. The molecule has 2 aromatic rings. The number of aromatic nitrogens is 2. The lowest BCUT2D eigenvalue weighted by molar-refractivity contribution is -0.384. The van der Waals surface area contributed by atoms with Gasteiger partial charge in [-0.25, -0.2) is 0 Å². The quantitative estimate of drug-likeness (QED) is 0.642. The Labute approximate surface area is 133 Å². The summed E-state index contributed by atoms with van der Waals surface area (Å²) in [7, 11) is 1.93. The molecule has 1 fully saturated rings. The highest BCUT2D eigenvalue weighted by Crippen LogP contribution is 2.34. The van der Waals surface area contributed by atoms with E-state index in [2.05, 4.69) is 16.2 Å². The molecule has 116 valence electrons. The Bertz CT molecular complexity index is 693. The average molecular weight is 321 g/mol. The zero-order valence-electron chi connectivity index (χ0n) is 12.3. The van der Waals surface area contributed by atoms with Gasteiger partial charge >= 0.3 is 0 Å². The molecule has 6 nitrogen and oxygen atoms in total. The lowest BCUT2D eigenvalue weighted by Gasteiger charge is -2.33. The number of non-ortho nitro benzene ring substituents is 1. The third-order valence-corrected chi connectivity index (χ3v) is 4.48. The molecule has 1 aliphatic rings. The van der Waals surface area contributed by atoms with Gasteiger partial charge in [-0.2, -0.15) is 5.10 Å². The van der Waals surface area contributed by atoms with Crippen molar-refractivity contribution in [3.8, 4) is 0 Å². The fourth-order valence-corrected chi connectivity index (χ4v) is 3.26. The van der Waals surface area contributed by atoms with Crippen LogP contribution in [-0.2, 0) is 7.05 Å². The van der Waals surface area contributed by atoms with Crippen molar-refractivity contribution in [2.75, 3.05) is 18.0 Å². The number of halogens is 1. The molecule has 0 aliphatic carbocycles. The third-order valence-electron chi connectivity index (χ3n) is 4.17. The second-order valence-electron chi connectivity index (χ2n) is 5.60. The summed E-state index contributed by atoms with van der Waals surface area (Å²) in [4.78, 5) is 12.5. The first-order valence-corrected chi connectivity index (χ1v) is 7.60. The van der Waals surface area contributed by atoms with E-state index in [1.807, 2.05) is 17.9 Å². The number of aryl methyl sites for hydroxylation is 1. The summed E-state index contributed by atoms with van der Waals surface area (Å²) >= 11 is 6.20. The van der Waals surface area contributed by atoms with Crippen molar-refractivity contribution in [1.29, 1.82) is 0 Å². The highest BCUT2D eigenvalue weighted by Gasteiger charge is 2.23. The zero-order valence-corrected chi connectivity index (χ0v) is 13.0. The number of nitro groups is 1. The van der Waals surface area contributed by atoms with Crippen LogP contribution in [0.25, 0.3) is 0 Å². The van der Waals surface area contributed by atoms with Crippen molar-refractivity contribution in [2.24, 2.45) is 7.05 Å². The fraction of sp³-hybridized carbons (Fsp3) is 0.400. The van der Waals surface area contributed by atoms with Gasteiger partial charge in [0, 0.05) is 38.5 Å². The van der Waals surface area contributed by atoms with Gasteiger partial charge in [-0.3, -0.25) is 14.8 Å². The molecule has 0 N–H and O–H groups in total. The predicted octanol–water partition coefficient (Wildman–Crippen LogP) is 3.37. The van der Waals surface area contributed by atoms with E-state index in [1.54, 1.807) is 6.07 Å². The van der Waals surface area contributed by atoms with Crippen LogP contribution in [0.4, 0.5) is 11.4 Å². The molecule has 0 amide bonds. The molecule has 0 saturated carbocycles. The second-order valence-corrected chi connectivity index (χ2v) is 6.01. The summed E-state index contributed by atoms with van der Waals surface area (Å²) < 4.78 is 1.83. The molecular weight excluding hydrogens is 304 g/mol. The normalized spacial score (nSPS) is 16.0. The number of rotatable bonds is 3. The van der Waals surface area contributed by atoms with Gasteiger partial charge in [0.2, 0.25) is 0 Å². The van der Waals surface area contributed by atoms with Crippen LogP contribution in [0.3, 0.4) is 0 Å². The summed E-state index contributed by atoms with van der Waals surface area (Å²) in [6.07, 6.45) is 6.05. The summed E-state index contributed by atoms with van der Waals surface area (Å²) in [5.74, 6) is 0.516. The molecule has 7 heteroatoms. The maximum Gasteiger partial charge on any atom is 0.271 e. The van der Waals surface area contributed by atoms with Gasteiger partial charge in [0.05, 0.1) is 21.8 Å². The first-order valence-electron chi connectivity index (χ1n) is 7.22. The molecule has 0 bridgehead atoms. The minimum atomic E-state index is -0.426. The summed E-state index contributed by atoms with van der Waals surface area (Å²) in [6.45, 7) is 1.77. The van der Waals surface area contributed by atoms with Gasteiger partial charge in [-0.15, -0.1) is 0 Å². The van der Waals surface area contributed by atoms with Crippen molar-refractivity contribution >= 4 is 23.0 Å². The van der Waals surface area contributed by atoms with E-state index in [0.717, 1.165) is 31.6 Å². The molecule has 0 unspecified atom stereocenters. The van der Waals surface area contributed by atoms with Crippen LogP contribution in [0.5, 0.6) is 0 Å². The largest absolute Gasteiger partial charge is 0.370 e. The Morgan fingerprint density at radius 1 is 1.36 bits per heavy atom. The second kappa shape index (κ2) is 5.96. The van der Waals surface area contributed by atoms with Crippen LogP contribution in [0.1, 0.15) is 24.3 Å². The molecular formula is C15H17ClN4O2. The number of benzene rings is 1. The zero-order chi connectivity index (χ0) is 15.7. The third kappa shape index (κ3) is 2.92. The van der Waals surface area contributed by atoms with E-state index in [-0.39, 0.29) is 5.69 Å². The average Bonchev–Trinajstić information content (AvgIpc) is 2.94. The number of piperidine rings is 1.